The highest BCUT2D eigenvalue weighted by Crippen LogP contribution is 2.49. The van der Waals surface area contributed by atoms with Gasteiger partial charge in [0.05, 0.1) is 5.56 Å². The smallest absolute Gasteiger partial charge is 0.338 e. The number of carbonyl (C=O) groups excluding carboxylic acids is 1. The van der Waals surface area contributed by atoms with E-state index < -0.39 is 0 Å². The van der Waals surface area contributed by atoms with Crippen LogP contribution >= 0.6 is 0 Å². The Hall–Kier alpha value is -8.67. The molecule has 0 atom stereocenters. The Balaban J connectivity index is 1.07. The highest BCUT2D eigenvalue weighted by Gasteiger charge is 2.45. The molecule has 0 spiro atoms. The monoisotopic (exact) mass is 980 g/mol. The number of fused-ring (bicyclic) bond motifs is 5. The van der Waals surface area contributed by atoms with Crippen molar-refractivity contribution in [2.24, 2.45) is 0 Å². The second kappa shape index (κ2) is 19.6. The molecule has 366 valence electrons. The van der Waals surface area contributed by atoms with Gasteiger partial charge in [-0.1, -0.05) is 189 Å². The van der Waals surface area contributed by atoms with Gasteiger partial charge in [0.15, 0.2) is 0 Å². The predicted octanol–water partition coefficient (Wildman–Crippen LogP) is 16.3. The molecule has 0 N–H and O–H groups in total. The average molecular weight is 981 g/mol. The Labute approximate surface area is 447 Å². The largest absolute Gasteiger partial charge is 0.457 e. The maximum atomic E-state index is 15.2. The summed E-state index contributed by atoms with van der Waals surface area (Å²) in [7, 11) is 0. The molecular weight excluding hydrogens is 924 g/mol. The van der Waals surface area contributed by atoms with E-state index in [0.29, 0.717) is 11.5 Å². The standard InChI is InChI=1S/C71H57BN2O2/c75-71(76-47-48-20-7-1-8-21-48)61-45-68-70-69(46-61)74(63-40-59(52-28-15-5-16-29-52)37-60(41-63)53-30-17-6-18-31-53)67-43-55-33-19-32-54(55)42-65(67)72(70)64-35-34-56(49-22-9-2-10-23-49)44-66(64)73(68)62-38-57(50-24-11-3-12-25-50)36-58(39-62)51-26-13-4-14-27-51/h1,3-8,11-18,20-21,24-31,34-46,49H,2,9-10,19,22-23,32-33,47H2. The third kappa shape index (κ3) is 8.41. The van der Waals surface area contributed by atoms with Crippen LogP contribution in [-0.4, -0.2) is 12.7 Å². The second-order valence-corrected chi connectivity index (χ2v) is 21.3. The first-order valence-corrected chi connectivity index (χ1v) is 27.4. The van der Waals surface area contributed by atoms with E-state index in [2.05, 4.69) is 210 Å². The number of carbonyl (C=O) groups is 1. The van der Waals surface area contributed by atoms with Crippen molar-refractivity contribution in [3.05, 3.63) is 258 Å². The molecule has 2 aliphatic carbocycles. The van der Waals surface area contributed by atoms with Gasteiger partial charge in [-0.2, -0.15) is 0 Å². The SMILES string of the molecule is O=C(OCc1ccccc1)c1cc2c3c(c1)N(c1cc(-c4ccccc4)cc(-c4ccccc4)c1)c1cc4c(cc1B3c1ccc(C3CCCCC3)cc1N2c1cc(-c2ccccc2)cc(-c2ccccc2)c1)CCC4. The summed E-state index contributed by atoms with van der Waals surface area (Å²) in [5, 5.41) is 0. The predicted molar refractivity (Wildman–Crippen MR) is 316 cm³/mol. The summed E-state index contributed by atoms with van der Waals surface area (Å²) < 4.78 is 6.36. The molecule has 4 aliphatic rings. The van der Waals surface area contributed by atoms with Crippen LogP contribution in [0.3, 0.4) is 0 Å². The third-order valence-corrected chi connectivity index (χ3v) is 16.6. The minimum Gasteiger partial charge on any atom is -0.457 e. The van der Waals surface area contributed by atoms with Gasteiger partial charge in [0.2, 0.25) is 0 Å². The van der Waals surface area contributed by atoms with Crippen LogP contribution in [0.1, 0.15) is 77.1 Å². The number of hydrogen-bond donors (Lipinski definition) is 0. The van der Waals surface area contributed by atoms with Gasteiger partial charge in [0, 0.05) is 34.1 Å². The molecular formula is C71H57BN2O2. The quantitative estimate of drug-likeness (QED) is 0.101. The molecule has 14 rings (SSSR count). The maximum absolute atomic E-state index is 15.2. The summed E-state index contributed by atoms with van der Waals surface area (Å²) in [6, 6.07) is 83.9. The van der Waals surface area contributed by atoms with Gasteiger partial charge in [-0.15, -0.1) is 0 Å². The molecule has 10 aromatic rings. The normalized spacial score (nSPS) is 14.4. The van der Waals surface area contributed by atoms with Gasteiger partial charge in [-0.25, -0.2) is 4.79 Å². The van der Waals surface area contributed by atoms with Crippen LogP contribution in [0.5, 0.6) is 0 Å². The number of benzene rings is 10. The van der Waals surface area contributed by atoms with Crippen molar-refractivity contribution in [1.29, 1.82) is 0 Å². The fourth-order valence-electron chi connectivity index (χ4n) is 12.9. The number of anilines is 6. The van der Waals surface area contributed by atoms with Crippen molar-refractivity contribution < 1.29 is 9.53 Å². The molecule has 0 amide bonds. The molecule has 10 aromatic carbocycles. The van der Waals surface area contributed by atoms with E-state index in [1.165, 1.54) is 70.9 Å². The second-order valence-electron chi connectivity index (χ2n) is 21.3. The van der Waals surface area contributed by atoms with Crippen molar-refractivity contribution in [1.82, 2.24) is 0 Å². The van der Waals surface area contributed by atoms with E-state index in [4.69, 9.17) is 4.74 Å². The van der Waals surface area contributed by atoms with Crippen LogP contribution in [0, 0.1) is 0 Å². The number of aryl methyl sites for hydroxylation is 2. The summed E-state index contributed by atoms with van der Waals surface area (Å²) in [6.07, 6.45) is 9.43. The molecule has 1 fully saturated rings. The lowest BCUT2D eigenvalue weighted by Crippen LogP contribution is -2.61. The Morgan fingerprint density at radius 2 is 0.882 bits per heavy atom. The first kappa shape index (κ1) is 45.9. The zero-order chi connectivity index (χ0) is 50.5. The van der Waals surface area contributed by atoms with E-state index in [9.17, 15) is 0 Å². The van der Waals surface area contributed by atoms with Crippen LogP contribution in [0.2, 0.25) is 0 Å². The fraction of sp³-hybridized carbons (Fsp3) is 0.141. The third-order valence-electron chi connectivity index (χ3n) is 16.6. The minimum atomic E-state index is -0.355. The Bertz CT molecular complexity index is 3680. The number of esters is 1. The first-order chi connectivity index (χ1) is 37.6. The molecule has 4 nitrogen and oxygen atoms in total. The van der Waals surface area contributed by atoms with Crippen molar-refractivity contribution in [2.45, 2.75) is 63.9 Å². The van der Waals surface area contributed by atoms with E-state index in [0.717, 1.165) is 97.8 Å². The van der Waals surface area contributed by atoms with E-state index in [-0.39, 0.29) is 19.3 Å². The summed E-state index contributed by atoms with van der Waals surface area (Å²) in [5.74, 6) is 0.132. The fourth-order valence-corrected chi connectivity index (χ4v) is 12.9. The van der Waals surface area contributed by atoms with Crippen molar-refractivity contribution in [3.63, 3.8) is 0 Å². The number of rotatable bonds is 10. The van der Waals surface area contributed by atoms with Crippen molar-refractivity contribution in [3.8, 4) is 44.5 Å². The molecule has 2 aliphatic heterocycles. The number of nitrogens with zero attached hydrogens (tertiary/aromatic N) is 2. The first-order valence-electron chi connectivity index (χ1n) is 27.4. The Morgan fingerprint density at radius 1 is 0.421 bits per heavy atom. The summed E-state index contributed by atoms with van der Waals surface area (Å²) >= 11 is 0. The zero-order valence-corrected chi connectivity index (χ0v) is 42.7. The topological polar surface area (TPSA) is 32.8 Å². The lowest BCUT2D eigenvalue weighted by atomic mass is 9.33. The lowest BCUT2D eigenvalue weighted by molar-refractivity contribution is 0.0473. The molecule has 0 bridgehead atoms. The molecule has 5 heteroatoms. The Morgan fingerprint density at radius 3 is 1.38 bits per heavy atom. The van der Waals surface area contributed by atoms with Gasteiger partial charge in [-0.05, 0) is 182 Å². The van der Waals surface area contributed by atoms with Crippen molar-refractivity contribution >= 4 is 63.2 Å². The van der Waals surface area contributed by atoms with Crippen LogP contribution in [0.4, 0.5) is 34.1 Å². The van der Waals surface area contributed by atoms with Gasteiger partial charge in [0.1, 0.15) is 6.61 Å². The molecule has 0 radical (unpaired) electrons. The molecule has 76 heavy (non-hydrogen) atoms. The molecule has 0 aromatic heterocycles. The van der Waals surface area contributed by atoms with Crippen molar-refractivity contribution in [2.75, 3.05) is 9.80 Å². The summed E-state index contributed by atoms with van der Waals surface area (Å²) in [4.78, 5) is 20.2. The highest BCUT2D eigenvalue weighted by atomic mass is 16.5. The van der Waals surface area contributed by atoms with Crippen LogP contribution in [0.15, 0.2) is 231 Å². The Kier molecular flexibility index (Phi) is 11.8. The zero-order valence-electron chi connectivity index (χ0n) is 42.7. The number of ether oxygens (including phenoxy) is 1. The van der Waals surface area contributed by atoms with E-state index >= 15 is 4.79 Å². The molecule has 1 saturated carbocycles. The highest BCUT2D eigenvalue weighted by molar-refractivity contribution is 7.00. The average Bonchev–Trinajstić information content (AvgIpc) is 3.97. The number of hydrogen-bond acceptors (Lipinski definition) is 4. The lowest BCUT2D eigenvalue weighted by Gasteiger charge is -2.45. The van der Waals surface area contributed by atoms with Gasteiger partial charge in [-0.3, -0.25) is 0 Å². The molecule has 0 saturated heterocycles. The van der Waals surface area contributed by atoms with Crippen LogP contribution < -0.4 is 26.2 Å². The van der Waals surface area contributed by atoms with Gasteiger partial charge < -0.3 is 14.5 Å². The van der Waals surface area contributed by atoms with Crippen LogP contribution in [-0.2, 0) is 24.2 Å². The van der Waals surface area contributed by atoms with Crippen LogP contribution in [0.25, 0.3) is 44.5 Å². The van der Waals surface area contributed by atoms with E-state index in [1.54, 1.807) is 0 Å². The maximum Gasteiger partial charge on any atom is 0.338 e. The molecule has 2 heterocycles. The van der Waals surface area contributed by atoms with E-state index in [1.807, 2.05) is 30.3 Å². The summed E-state index contributed by atoms with van der Waals surface area (Å²) in [5.41, 5.74) is 25.0. The molecule has 0 unspecified atom stereocenters. The van der Waals surface area contributed by atoms with Gasteiger partial charge in [0.25, 0.3) is 6.71 Å². The minimum absolute atomic E-state index is 0.111. The van der Waals surface area contributed by atoms with Gasteiger partial charge >= 0.3 is 5.97 Å². The summed E-state index contributed by atoms with van der Waals surface area (Å²) in [6.45, 7) is 0.0593.